The number of carbonyl (C=O) groups excluding carboxylic acids is 1. The average Bonchev–Trinajstić information content (AvgIpc) is 2.86. The van der Waals surface area contributed by atoms with Gasteiger partial charge in [0.2, 0.25) is 11.9 Å². The lowest BCUT2D eigenvalue weighted by molar-refractivity contribution is 0.102. The van der Waals surface area contributed by atoms with Gasteiger partial charge in [0, 0.05) is 11.3 Å². The average molecular weight is 469 g/mol. The number of anilines is 2. The van der Waals surface area contributed by atoms with Crippen LogP contribution >= 0.6 is 0 Å². The molecule has 8 heteroatoms. The number of guanidine groups is 2. The quantitative estimate of drug-likeness (QED) is 0.495. The van der Waals surface area contributed by atoms with Crippen molar-refractivity contribution in [2.45, 2.75) is 37.8 Å². The van der Waals surface area contributed by atoms with Crippen molar-refractivity contribution >= 4 is 29.2 Å². The van der Waals surface area contributed by atoms with E-state index in [9.17, 15) is 4.79 Å². The maximum atomic E-state index is 13.0. The third-order valence-corrected chi connectivity index (χ3v) is 6.35. The van der Waals surface area contributed by atoms with Crippen molar-refractivity contribution in [1.29, 1.82) is 0 Å². The molecule has 3 aromatic carbocycles. The number of hydrogen-bond donors (Lipinski definition) is 3. The van der Waals surface area contributed by atoms with E-state index in [0.29, 0.717) is 28.7 Å². The molecule has 5 N–H and O–H groups in total. The van der Waals surface area contributed by atoms with Gasteiger partial charge >= 0.3 is 0 Å². The summed E-state index contributed by atoms with van der Waals surface area (Å²) < 4.78 is 5.96. The summed E-state index contributed by atoms with van der Waals surface area (Å²) in [6, 6.07) is 24.1. The van der Waals surface area contributed by atoms with Gasteiger partial charge in [0.15, 0.2) is 5.75 Å². The molecule has 2 aliphatic rings. The van der Waals surface area contributed by atoms with Crippen molar-refractivity contribution in [1.82, 2.24) is 0 Å². The molecule has 0 aromatic heterocycles. The van der Waals surface area contributed by atoms with Gasteiger partial charge in [-0.05, 0) is 74.2 Å². The molecule has 0 saturated heterocycles. The van der Waals surface area contributed by atoms with Crippen LogP contribution in [-0.4, -0.2) is 23.5 Å². The number of nitrogens with two attached hydrogens (primary N) is 2. The molecule has 178 valence electrons. The standard InChI is InChI=1S/C27H28N6O2/c28-25-31-26(29)33(27(32-25)17-7-2-8-18-27)20-15-13-19(14-16-20)24(34)30-22-11-5-6-12-23(22)35-21-9-3-1-4-10-21/h1,3-6,9-16H,2,7-8,17-18H2,(H,30,34)(H4,28,29,31,32). The van der Waals surface area contributed by atoms with E-state index >= 15 is 0 Å². The lowest BCUT2D eigenvalue weighted by Crippen LogP contribution is -2.58. The lowest BCUT2D eigenvalue weighted by atomic mass is 9.87. The van der Waals surface area contributed by atoms with E-state index in [-0.39, 0.29) is 11.9 Å². The first-order valence-corrected chi connectivity index (χ1v) is 11.8. The molecule has 1 fully saturated rings. The fraction of sp³-hybridized carbons (Fsp3) is 0.222. The SMILES string of the molecule is NC1=NC2(CCCCC2)N(c2ccc(C(=O)Nc3ccccc3Oc3ccccc3)cc2)C(N)=N1. The highest BCUT2D eigenvalue weighted by Crippen LogP contribution is 2.39. The van der Waals surface area contributed by atoms with Crippen molar-refractivity contribution in [3.8, 4) is 11.5 Å². The molecule has 1 aliphatic heterocycles. The molecule has 0 radical (unpaired) electrons. The summed E-state index contributed by atoms with van der Waals surface area (Å²) in [5.41, 5.74) is 13.7. The summed E-state index contributed by atoms with van der Waals surface area (Å²) in [7, 11) is 0. The van der Waals surface area contributed by atoms with Crippen LogP contribution in [0.2, 0.25) is 0 Å². The molecule has 0 unspecified atom stereocenters. The summed E-state index contributed by atoms with van der Waals surface area (Å²) >= 11 is 0. The fourth-order valence-corrected chi connectivity index (χ4v) is 4.73. The van der Waals surface area contributed by atoms with E-state index in [1.807, 2.05) is 71.6 Å². The molecule has 1 saturated carbocycles. The van der Waals surface area contributed by atoms with Gasteiger partial charge in [0.05, 0.1) is 5.69 Å². The molecule has 0 atom stereocenters. The minimum atomic E-state index is -0.522. The third-order valence-electron chi connectivity index (χ3n) is 6.35. The summed E-state index contributed by atoms with van der Waals surface area (Å²) in [6.45, 7) is 0. The van der Waals surface area contributed by atoms with Gasteiger partial charge in [0.1, 0.15) is 11.4 Å². The maximum absolute atomic E-state index is 13.0. The number of aliphatic imine (C=N–C) groups is 2. The number of nitrogens with one attached hydrogen (secondary N) is 1. The summed E-state index contributed by atoms with van der Waals surface area (Å²) in [5, 5.41) is 2.95. The summed E-state index contributed by atoms with van der Waals surface area (Å²) in [5.74, 6) is 1.56. The predicted molar refractivity (Wildman–Crippen MR) is 139 cm³/mol. The highest BCUT2D eigenvalue weighted by Gasteiger charge is 2.42. The first-order chi connectivity index (χ1) is 17.0. The third kappa shape index (κ3) is 4.68. The van der Waals surface area contributed by atoms with Crippen LogP contribution < -0.4 is 26.4 Å². The maximum Gasteiger partial charge on any atom is 0.255 e. The Morgan fingerprint density at radius 1 is 0.886 bits per heavy atom. The zero-order valence-corrected chi connectivity index (χ0v) is 19.4. The van der Waals surface area contributed by atoms with E-state index in [4.69, 9.17) is 21.2 Å². The molecule has 3 aromatic rings. The second-order valence-corrected chi connectivity index (χ2v) is 8.73. The van der Waals surface area contributed by atoms with Gasteiger partial charge in [-0.2, -0.15) is 4.99 Å². The Morgan fingerprint density at radius 3 is 2.31 bits per heavy atom. The Bertz CT molecular complexity index is 1260. The smallest absolute Gasteiger partial charge is 0.255 e. The molecule has 1 amide bonds. The number of hydrogen-bond acceptors (Lipinski definition) is 7. The summed E-state index contributed by atoms with van der Waals surface area (Å²) in [4.78, 5) is 23.9. The van der Waals surface area contributed by atoms with Gasteiger partial charge < -0.3 is 21.5 Å². The normalized spacial score (nSPS) is 16.9. The predicted octanol–water partition coefficient (Wildman–Crippen LogP) is 4.84. The number of benzene rings is 3. The minimum absolute atomic E-state index is 0.216. The molecular weight excluding hydrogens is 440 g/mol. The van der Waals surface area contributed by atoms with Crippen LogP contribution in [0.3, 0.4) is 0 Å². The largest absolute Gasteiger partial charge is 0.455 e. The Kier molecular flexibility index (Phi) is 6.10. The first kappa shape index (κ1) is 22.5. The van der Waals surface area contributed by atoms with E-state index in [1.165, 1.54) is 0 Å². The number of amides is 1. The van der Waals surface area contributed by atoms with Crippen molar-refractivity contribution in [3.63, 3.8) is 0 Å². The molecule has 8 nitrogen and oxygen atoms in total. The Labute approximate surface area is 204 Å². The van der Waals surface area contributed by atoms with Crippen LogP contribution in [0.5, 0.6) is 11.5 Å². The van der Waals surface area contributed by atoms with E-state index in [1.54, 1.807) is 12.1 Å². The van der Waals surface area contributed by atoms with Crippen molar-refractivity contribution in [2.75, 3.05) is 10.2 Å². The number of rotatable bonds is 5. The lowest BCUT2D eigenvalue weighted by Gasteiger charge is -2.45. The molecule has 35 heavy (non-hydrogen) atoms. The van der Waals surface area contributed by atoms with Gasteiger partial charge in [-0.1, -0.05) is 36.8 Å². The van der Waals surface area contributed by atoms with E-state index in [0.717, 1.165) is 37.8 Å². The second kappa shape index (κ2) is 9.50. The topological polar surface area (TPSA) is 118 Å². The number of para-hydroxylation sites is 3. The molecule has 1 aliphatic carbocycles. The van der Waals surface area contributed by atoms with Gasteiger partial charge in [-0.3, -0.25) is 9.69 Å². The van der Waals surface area contributed by atoms with Gasteiger partial charge in [-0.15, -0.1) is 0 Å². The van der Waals surface area contributed by atoms with Crippen LogP contribution in [0.25, 0.3) is 0 Å². The van der Waals surface area contributed by atoms with Crippen LogP contribution in [-0.2, 0) is 0 Å². The Morgan fingerprint density at radius 2 is 1.57 bits per heavy atom. The zero-order chi connectivity index (χ0) is 24.3. The monoisotopic (exact) mass is 468 g/mol. The number of carbonyl (C=O) groups is 1. The van der Waals surface area contributed by atoms with E-state index in [2.05, 4.69) is 10.3 Å². The Hall–Kier alpha value is -4.33. The molecule has 1 heterocycles. The highest BCUT2D eigenvalue weighted by atomic mass is 16.5. The molecule has 1 spiro atoms. The minimum Gasteiger partial charge on any atom is -0.455 e. The van der Waals surface area contributed by atoms with Crippen LogP contribution in [0.15, 0.2) is 88.8 Å². The van der Waals surface area contributed by atoms with Crippen LogP contribution in [0.1, 0.15) is 42.5 Å². The number of ether oxygens (including phenoxy) is 1. The van der Waals surface area contributed by atoms with Crippen LogP contribution in [0, 0.1) is 0 Å². The van der Waals surface area contributed by atoms with Crippen molar-refractivity contribution in [3.05, 3.63) is 84.4 Å². The van der Waals surface area contributed by atoms with Crippen LogP contribution in [0.4, 0.5) is 11.4 Å². The molecule has 5 rings (SSSR count). The fourth-order valence-electron chi connectivity index (χ4n) is 4.73. The van der Waals surface area contributed by atoms with Crippen molar-refractivity contribution < 1.29 is 9.53 Å². The number of nitrogens with zero attached hydrogens (tertiary/aromatic N) is 3. The molecular formula is C27H28N6O2. The molecule has 0 bridgehead atoms. The van der Waals surface area contributed by atoms with Gasteiger partial charge in [0.25, 0.3) is 5.91 Å². The van der Waals surface area contributed by atoms with E-state index < -0.39 is 5.66 Å². The van der Waals surface area contributed by atoms with Crippen molar-refractivity contribution in [2.24, 2.45) is 21.5 Å². The van der Waals surface area contributed by atoms with Gasteiger partial charge in [-0.25, -0.2) is 4.99 Å². The zero-order valence-electron chi connectivity index (χ0n) is 19.4. The second-order valence-electron chi connectivity index (χ2n) is 8.73. The highest BCUT2D eigenvalue weighted by molar-refractivity contribution is 6.07. The summed E-state index contributed by atoms with van der Waals surface area (Å²) in [6.07, 6.45) is 4.96. The first-order valence-electron chi connectivity index (χ1n) is 11.8. The Balaban J connectivity index is 1.35.